The number of anilines is 1. The molecule has 2 fully saturated rings. The fourth-order valence-electron chi connectivity index (χ4n) is 3.64. The fraction of sp³-hybridized carbons (Fsp3) is 0.421. The van der Waals surface area contributed by atoms with Crippen molar-refractivity contribution in [1.29, 1.82) is 0 Å². The zero-order valence-corrected chi connectivity index (χ0v) is 15.8. The van der Waals surface area contributed by atoms with Gasteiger partial charge in [0.1, 0.15) is 5.02 Å². The number of carbonyl (C=O) groups excluding carboxylic acids is 1. The Morgan fingerprint density at radius 2 is 1.56 bits per heavy atom. The predicted molar refractivity (Wildman–Crippen MR) is 105 cm³/mol. The van der Waals surface area contributed by atoms with Crippen LogP contribution in [0, 0.1) is 0 Å². The lowest BCUT2D eigenvalue weighted by Crippen LogP contribution is -2.52. The van der Waals surface area contributed by atoms with Crippen LogP contribution in [0.15, 0.2) is 41.3 Å². The van der Waals surface area contributed by atoms with Crippen LogP contribution in [0.4, 0.5) is 10.5 Å². The van der Waals surface area contributed by atoms with Crippen LogP contribution in [0.1, 0.15) is 12.8 Å². The number of hydrogen-bond acceptors (Lipinski definition) is 4. The van der Waals surface area contributed by atoms with Crippen LogP contribution in [0.2, 0.25) is 5.02 Å². The van der Waals surface area contributed by atoms with E-state index in [9.17, 15) is 9.59 Å². The number of aromatic nitrogens is 2. The standard InChI is InChI=1S/C19H22ClN5O2/c20-17-16(14-21-25(18(17)26)15-6-2-1-3-7-15)22-10-12-24(13-11-22)19(27)23-8-4-5-9-23/h1-3,6-7,14H,4-5,8-13H2. The first-order chi connectivity index (χ1) is 13.1. The molecule has 0 unspecified atom stereocenters. The summed E-state index contributed by atoms with van der Waals surface area (Å²) in [5, 5.41) is 4.45. The smallest absolute Gasteiger partial charge is 0.320 e. The molecule has 142 valence electrons. The third-order valence-electron chi connectivity index (χ3n) is 5.17. The van der Waals surface area contributed by atoms with Crippen molar-refractivity contribution in [2.75, 3.05) is 44.2 Å². The van der Waals surface area contributed by atoms with Crippen molar-refractivity contribution >= 4 is 23.3 Å². The van der Waals surface area contributed by atoms with E-state index in [1.807, 2.05) is 45.0 Å². The maximum Gasteiger partial charge on any atom is 0.320 e. The van der Waals surface area contributed by atoms with E-state index >= 15 is 0 Å². The Kier molecular flexibility index (Phi) is 5.03. The van der Waals surface area contributed by atoms with Crippen molar-refractivity contribution in [1.82, 2.24) is 19.6 Å². The molecule has 1 aromatic carbocycles. The quantitative estimate of drug-likeness (QED) is 0.792. The van der Waals surface area contributed by atoms with Gasteiger partial charge in [0.15, 0.2) is 0 Å². The number of hydrogen-bond donors (Lipinski definition) is 0. The van der Waals surface area contributed by atoms with Crippen molar-refractivity contribution in [3.8, 4) is 5.69 Å². The third-order valence-corrected chi connectivity index (χ3v) is 5.52. The molecule has 8 heteroatoms. The monoisotopic (exact) mass is 387 g/mol. The lowest BCUT2D eigenvalue weighted by atomic mass is 10.3. The molecule has 2 amide bonds. The molecule has 0 aliphatic carbocycles. The topological polar surface area (TPSA) is 61.7 Å². The molecule has 0 bridgehead atoms. The van der Waals surface area contributed by atoms with Crippen molar-refractivity contribution in [2.45, 2.75) is 12.8 Å². The highest BCUT2D eigenvalue weighted by atomic mass is 35.5. The van der Waals surface area contributed by atoms with Crippen LogP contribution < -0.4 is 10.5 Å². The van der Waals surface area contributed by atoms with Gasteiger partial charge in [0, 0.05) is 39.3 Å². The summed E-state index contributed by atoms with van der Waals surface area (Å²) in [4.78, 5) is 31.0. The van der Waals surface area contributed by atoms with Gasteiger partial charge in [0.05, 0.1) is 17.6 Å². The number of likely N-dealkylation sites (tertiary alicyclic amines) is 1. The SMILES string of the molecule is O=C(N1CCCC1)N1CCN(c2cnn(-c3ccccc3)c(=O)c2Cl)CC1. The second-order valence-corrected chi connectivity index (χ2v) is 7.23. The first kappa shape index (κ1) is 17.9. The molecule has 27 heavy (non-hydrogen) atoms. The molecule has 0 atom stereocenters. The zero-order valence-electron chi connectivity index (χ0n) is 15.1. The molecule has 0 spiro atoms. The van der Waals surface area contributed by atoms with E-state index < -0.39 is 0 Å². The molecule has 2 aliphatic rings. The normalized spacial score (nSPS) is 17.4. The molecular weight excluding hydrogens is 366 g/mol. The van der Waals surface area contributed by atoms with Gasteiger partial charge in [-0.2, -0.15) is 9.78 Å². The van der Waals surface area contributed by atoms with Crippen LogP contribution in [0.25, 0.3) is 5.69 Å². The predicted octanol–water partition coefficient (Wildman–Crippen LogP) is 2.22. The average Bonchev–Trinajstić information content (AvgIpc) is 3.25. The number of urea groups is 1. The van der Waals surface area contributed by atoms with E-state index in [0.717, 1.165) is 25.9 Å². The molecule has 0 saturated carbocycles. The van der Waals surface area contributed by atoms with E-state index in [-0.39, 0.29) is 16.6 Å². The van der Waals surface area contributed by atoms with Crippen LogP contribution in [0.5, 0.6) is 0 Å². The minimum Gasteiger partial charge on any atom is -0.365 e. The van der Waals surface area contributed by atoms with Gasteiger partial charge in [-0.15, -0.1) is 0 Å². The van der Waals surface area contributed by atoms with Crippen LogP contribution in [-0.2, 0) is 0 Å². The van der Waals surface area contributed by atoms with E-state index in [2.05, 4.69) is 5.10 Å². The van der Waals surface area contributed by atoms with Crippen LogP contribution in [0.3, 0.4) is 0 Å². The number of amides is 2. The molecule has 2 saturated heterocycles. The first-order valence-electron chi connectivity index (χ1n) is 9.27. The van der Waals surface area contributed by atoms with Gasteiger partial charge in [-0.3, -0.25) is 4.79 Å². The van der Waals surface area contributed by atoms with Gasteiger partial charge in [-0.05, 0) is 25.0 Å². The summed E-state index contributed by atoms with van der Waals surface area (Å²) >= 11 is 6.38. The molecule has 4 rings (SSSR count). The molecule has 2 aromatic rings. The second kappa shape index (κ2) is 7.60. The maximum atomic E-state index is 12.6. The fourth-order valence-corrected chi connectivity index (χ4v) is 3.89. The van der Waals surface area contributed by atoms with Gasteiger partial charge < -0.3 is 14.7 Å². The van der Waals surface area contributed by atoms with Crippen molar-refractivity contribution in [3.05, 3.63) is 51.9 Å². The Morgan fingerprint density at radius 1 is 0.926 bits per heavy atom. The average molecular weight is 388 g/mol. The third kappa shape index (κ3) is 3.51. The number of nitrogens with zero attached hydrogens (tertiary/aromatic N) is 5. The molecule has 3 heterocycles. The lowest BCUT2D eigenvalue weighted by Gasteiger charge is -2.37. The molecule has 0 radical (unpaired) electrons. The lowest BCUT2D eigenvalue weighted by molar-refractivity contribution is 0.159. The Hall–Kier alpha value is -2.54. The number of rotatable bonds is 2. The Bertz CT molecular complexity index is 871. The van der Waals surface area contributed by atoms with E-state index in [1.54, 1.807) is 6.20 Å². The first-order valence-corrected chi connectivity index (χ1v) is 9.65. The molecule has 7 nitrogen and oxygen atoms in total. The summed E-state index contributed by atoms with van der Waals surface area (Å²) in [7, 11) is 0. The Morgan fingerprint density at radius 3 is 2.22 bits per heavy atom. The minimum absolute atomic E-state index is 0.121. The van der Waals surface area contributed by atoms with E-state index in [0.29, 0.717) is 37.6 Å². The number of carbonyl (C=O) groups is 1. The van der Waals surface area contributed by atoms with Gasteiger partial charge in [0.2, 0.25) is 0 Å². The van der Waals surface area contributed by atoms with Gasteiger partial charge in [0.25, 0.3) is 5.56 Å². The summed E-state index contributed by atoms with van der Waals surface area (Å²) in [6.45, 7) is 4.21. The Balaban J connectivity index is 1.48. The van der Waals surface area contributed by atoms with Crippen LogP contribution >= 0.6 is 11.6 Å². The highest BCUT2D eigenvalue weighted by Gasteiger charge is 2.28. The minimum atomic E-state index is -0.337. The summed E-state index contributed by atoms with van der Waals surface area (Å²) in [5.41, 5.74) is 0.968. The van der Waals surface area contributed by atoms with Gasteiger partial charge in [-0.25, -0.2) is 4.79 Å². The van der Waals surface area contributed by atoms with Crippen molar-refractivity contribution in [2.24, 2.45) is 0 Å². The Labute approximate surface area is 162 Å². The van der Waals surface area contributed by atoms with Crippen LogP contribution in [-0.4, -0.2) is 64.9 Å². The maximum absolute atomic E-state index is 12.6. The summed E-state index contributed by atoms with van der Waals surface area (Å²) in [5.74, 6) is 0. The van der Waals surface area contributed by atoms with Gasteiger partial charge >= 0.3 is 6.03 Å². The van der Waals surface area contributed by atoms with E-state index in [1.165, 1.54) is 4.68 Å². The largest absolute Gasteiger partial charge is 0.365 e. The molecular formula is C19H22ClN5O2. The summed E-state index contributed by atoms with van der Waals surface area (Å²) in [6.07, 6.45) is 3.81. The molecule has 2 aliphatic heterocycles. The zero-order chi connectivity index (χ0) is 18.8. The highest BCUT2D eigenvalue weighted by Crippen LogP contribution is 2.23. The number of para-hydroxylation sites is 1. The molecule has 0 N–H and O–H groups in total. The van der Waals surface area contributed by atoms with E-state index in [4.69, 9.17) is 11.6 Å². The second-order valence-electron chi connectivity index (χ2n) is 6.85. The van der Waals surface area contributed by atoms with Gasteiger partial charge in [-0.1, -0.05) is 29.8 Å². The number of benzene rings is 1. The van der Waals surface area contributed by atoms with Crippen molar-refractivity contribution < 1.29 is 4.79 Å². The number of piperazine rings is 1. The molecule has 1 aromatic heterocycles. The highest BCUT2D eigenvalue weighted by molar-refractivity contribution is 6.33. The number of halogens is 1. The summed E-state index contributed by atoms with van der Waals surface area (Å²) in [6, 6.07) is 9.33. The van der Waals surface area contributed by atoms with Crippen molar-refractivity contribution in [3.63, 3.8) is 0 Å². The summed E-state index contributed by atoms with van der Waals surface area (Å²) < 4.78 is 1.30.